The molecule has 0 radical (unpaired) electrons. The fraction of sp³-hybridized carbons (Fsp3) is 0.848. The topological polar surface area (TPSA) is 96.8 Å². The van der Waals surface area contributed by atoms with Crippen LogP contribution in [0.1, 0.15) is 100 Å². The second kappa shape index (κ2) is 27.2. The highest BCUT2D eigenvalue weighted by atomic mass is 16.2. The molecule has 252 valence electrons. The Kier molecular flexibility index (Phi) is 27.1. The number of likely N-dealkylation sites (tertiary alicyclic amines) is 3. The van der Waals surface area contributed by atoms with Crippen molar-refractivity contribution in [2.24, 2.45) is 10.9 Å². The van der Waals surface area contributed by atoms with Crippen molar-refractivity contribution in [2.45, 2.75) is 100 Å². The van der Waals surface area contributed by atoms with Gasteiger partial charge in [-0.25, -0.2) is 4.99 Å². The first kappa shape index (κ1) is 42.8. The summed E-state index contributed by atoms with van der Waals surface area (Å²) < 4.78 is 0. The van der Waals surface area contributed by atoms with Crippen LogP contribution in [0.25, 0.3) is 0 Å². The fourth-order valence-electron chi connectivity index (χ4n) is 4.75. The van der Waals surface area contributed by atoms with Gasteiger partial charge in [0.2, 0.25) is 23.6 Å². The molecule has 10 nitrogen and oxygen atoms in total. The lowest BCUT2D eigenvalue weighted by molar-refractivity contribution is -0.130. The van der Waals surface area contributed by atoms with Gasteiger partial charge in [-0.05, 0) is 78.0 Å². The van der Waals surface area contributed by atoms with E-state index < -0.39 is 0 Å². The van der Waals surface area contributed by atoms with Crippen LogP contribution in [0.2, 0.25) is 0 Å². The van der Waals surface area contributed by atoms with Crippen molar-refractivity contribution >= 4 is 29.8 Å². The van der Waals surface area contributed by atoms with Gasteiger partial charge in [0.15, 0.2) is 0 Å². The van der Waals surface area contributed by atoms with Crippen molar-refractivity contribution < 1.29 is 19.2 Å². The van der Waals surface area contributed by atoms with E-state index in [-0.39, 0.29) is 23.6 Å². The van der Waals surface area contributed by atoms with Crippen LogP contribution in [-0.2, 0) is 19.2 Å². The summed E-state index contributed by atoms with van der Waals surface area (Å²) in [6.45, 7) is 24.4. The Bertz CT molecular complexity index is 763. The summed E-state index contributed by atoms with van der Waals surface area (Å²) in [5.74, 6) is 1.09. The van der Waals surface area contributed by atoms with Gasteiger partial charge in [-0.3, -0.25) is 19.2 Å². The normalized spacial score (nSPS) is 19.1. The second-order valence-corrected chi connectivity index (χ2v) is 11.0. The summed E-state index contributed by atoms with van der Waals surface area (Å²) >= 11 is 0. The van der Waals surface area contributed by atoms with Crippen LogP contribution in [0.15, 0.2) is 4.99 Å². The number of likely N-dealkylation sites (N-methyl/N-ethyl adjacent to an activating group) is 1. The van der Waals surface area contributed by atoms with Crippen molar-refractivity contribution in [1.29, 1.82) is 0 Å². The molecule has 4 heterocycles. The number of piperazine rings is 1. The molecule has 0 N–H and O–H groups in total. The summed E-state index contributed by atoms with van der Waals surface area (Å²) in [6, 6.07) is 0. The van der Waals surface area contributed by atoms with Crippen LogP contribution in [0.5, 0.6) is 0 Å². The molecule has 4 amide bonds. The fourth-order valence-corrected chi connectivity index (χ4v) is 4.75. The van der Waals surface area contributed by atoms with Crippen LogP contribution in [0.3, 0.4) is 0 Å². The Labute approximate surface area is 264 Å². The van der Waals surface area contributed by atoms with Crippen molar-refractivity contribution in [3.8, 4) is 0 Å². The first-order valence-electron chi connectivity index (χ1n) is 16.7. The highest BCUT2D eigenvalue weighted by molar-refractivity contribution is 5.83. The molecule has 43 heavy (non-hydrogen) atoms. The molecule has 4 rings (SSSR count). The third-order valence-electron chi connectivity index (χ3n) is 7.53. The van der Waals surface area contributed by atoms with E-state index in [1.165, 1.54) is 39.0 Å². The predicted molar refractivity (Wildman–Crippen MR) is 179 cm³/mol. The molecule has 4 saturated heterocycles. The largest absolute Gasteiger partial charge is 0.343 e. The van der Waals surface area contributed by atoms with E-state index in [1.807, 2.05) is 48.6 Å². The maximum absolute atomic E-state index is 10.8. The maximum atomic E-state index is 10.8. The molecule has 0 unspecified atom stereocenters. The Morgan fingerprint density at radius 2 is 0.837 bits per heavy atom. The first-order chi connectivity index (χ1) is 20.5. The Morgan fingerprint density at radius 3 is 1.16 bits per heavy atom. The van der Waals surface area contributed by atoms with Crippen molar-refractivity contribution in [1.82, 2.24) is 24.5 Å². The van der Waals surface area contributed by atoms with E-state index in [0.29, 0.717) is 5.92 Å². The number of nitrogens with zero attached hydrogens (tertiary/aromatic N) is 6. The number of carbonyl (C=O) groups is 4. The van der Waals surface area contributed by atoms with Gasteiger partial charge in [-0.2, -0.15) is 0 Å². The van der Waals surface area contributed by atoms with Crippen LogP contribution in [-0.4, -0.2) is 134 Å². The number of carbonyl (C=O) groups excluding carboxylic acids is 4. The monoisotopic (exact) mass is 611 g/mol. The Morgan fingerprint density at radius 1 is 0.512 bits per heavy atom. The highest BCUT2D eigenvalue weighted by Gasteiger charge is 2.16. The molecular weight excluding hydrogens is 544 g/mol. The molecule has 0 aromatic heterocycles. The first-order valence-corrected chi connectivity index (χ1v) is 16.7. The van der Waals surface area contributed by atoms with Gasteiger partial charge in [0.1, 0.15) is 0 Å². The molecule has 0 bridgehead atoms. The number of rotatable bonds is 1. The van der Waals surface area contributed by atoms with Crippen molar-refractivity contribution in [2.75, 3.05) is 79.5 Å². The SMILES string of the molecule is CC.CC.CC(=O)N1CCCC1.CC(=O)N1CCCCC1.CC(=O)N1CCN(C)CC1.CC(=O)N=CC1CCN(C)CC1. The van der Waals surface area contributed by atoms with Crippen LogP contribution in [0.4, 0.5) is 0 Å². The molecule has 0 aromatic carbocycles. The van der Waals surface area contributed by atoms with Crippen LogP contribution < -0.4 is 0 Å². The van der Waals surface area contributed by atoms with Gasteiger partial charge >= 0.3 is 0 Å². The van der Waals surface area contributed by atoms with Crippen LogP contribution in [0, 0.1) is 5.92 Å². The molecule has 0 aromatic rings. The smallest absolute Gasteiger partial charge is 0.242 e. The quantitative estimate of drug-likeness (QED) is 0.408. The van der Waals surface area contributed by atoms with Gasteiger partial charge < -0.3 is 24.5 Å². The van der Waals surface area contributed by atoms with Gasteiger partial charge in [0, 0.05) is 86.3 Å². The summed E-state index contributed by atoms with van der Waals surface area (Å²) in [6.07, 6.45) is 10.2. The molecule has 0 saturated carbocycles. The molecule has 0 atom stereocenters. The predicted octanol–water partition coefficient (Wildman–Crippen LogP) is 4.43. The lowest BCUT2D eigenvalue weighted by atomic mass is 9.99. The number of amides is 4. The zero-order valence-corrected chi connectivity index (χ0v) is 29.5. The van der Waals surface area contributed by atoms with Gasteiger partial charge in [-0.15, -0.1) is 0 Å². The minimum Gasteiger partial charge on any atom is -0.343 e. The second-order valence-electron chi connectivity index (χ2n) is 11.0. The molecule has 4 aliphatic rings. The minimum atomic E-state index is -0.0890. The summed E-state index contributed by atoms with van der Waals surface area (Å²) in [5.41, 5.74) is 0. The lowest BCUT2D eigenvalue weighted by Crippen LogP contribution is -2.46. The Hall–Kier alpha value is -2.33. The van der Waals surface area contributed by atoms with Crippen LogP contribution >= 0.6 is 0 Å². The average molecular weight is 611 g/mol. The zero-order chi connectivity index (χ0) is 33.2. The van der Waals surface area contributed by atoms with E-state index in [2.05, 4.69) is 28.9 Å². The van der Waals surface area contributed by atoms with Gasteiger partial charge in [-0.1, -0.05) is 27.7 Å². The van der Waals surface area contributed by atoms with E-state index in [4.69, 9.17) is 0 Å². The third kappa shape index (κ3) is 22.8. The minimum absolute atomic E-state index is 0.0890. The summed E-state index contributed by atoms with van der Waals surface area (Å²) in [7, 11) is 4.20. The molecular formula is C33H66N6O4. The molecule has 0 spiro atoms. The van der Waals surface area contributed by atoms with E-state index >= 15 is 0 Å². The van der Waals surface area contributed by atoms with E-state index in [9.17, 15) is 19.2 Å². The maximum Gasteiger partial charge on any atom is 0.242 e. The third-order valence-corrected chi connectivity index (χ3v) is 7.53. The van der Waals surface area contributed by atoms with Crippen molar-refractivity contribution in [3.63, 3.8) is 0 Å². The standard InChI is InChI=1S/C9H16N2O.C7H14N2O.C7H13NO.C6H11NO.2C2H6/c1-8(12)10-7-9-3-5-11(2)6-4-9;1-7(10)9-5-3-8(2)4-6-9;1-7(9)8-5-3-2-4-6-8;1-6(8)7-4-2-3-5-7;2*1-2/h7,9H,3-6H2,1-2H3;3-6H2,1-2H3;2-6H2,1H3;2-5H2,1H3;2*1-2H3. The van der Waals surface area contributed by atoms with E-state index in [0.717, 1.165) is 78.3 Å². The molecule has 0 aliphatic carbocycles. The van der Waals surface area contributed by atoms with Crippen molar-refractivity contribution in [3.05, 3.63) is 0 Å². The molecule has 4 fully saturated rings. The number of aliphatic imine (C=N–C) groups is 1. The zero-order valence-electron chi connectivity index (χ0n) is 29.5. The Balaban J connectivity index is 0. The van der Waals surface area contributed by atoms with Gasteiger partial charge in [0.05, 0.1) is 0 Å². The molecule has 10 heteroatoms. The number of hydrogen-bond acceptors (Lipinski definition) is 6. The summed E-state index contributed by atoms with van der Waals surface area (Å²) in [4.78, 5) is 56.7. The highest BCUT2D eigenvalue weighted by Crippen LogP contribution is 2.13. The number of hydrogen-bond donors (Lipinski definition) is 0. The lowest BCUT2D eigenvalue weighted by Gasteiger charge is -2.31. The molecule has 4 aliphatic heterocycles. The summed E-state index contributed by atoms with van der Waals surface area (Å²) in [5, 5.41) is 0. The number of piperidine rings is 2. The van der Waals surface area contributed by atoms with E-state index in [1.54, 1.807) is 20.8 Å². The average Bonchev–Trinajstić information content (AvgIpc) is 3.57. The van der Waals surface area contributed by atoms with Gasteiger partial charge in [0.25, 0.3) is 0 Å².